The van der Waals surface area contributed by atoms with Gasteiger partial charge in [-0.1, -0.05) is 77.3 Å². The van der Waals surface area contributed by atoms with Gasteiger partial charge in [-0.3, -0.25) is 9.69 Å². The number of benzene rings is 1. The maximum absolute atomic E-state index is 11.5. The Kier molecular flexibility index (Phi) is 11.7. The average molecular weight is 581 g/mol. The molecule has 43 heavy (non-hydrogen) atoms. The van der Waals surface area contributed by atoms with Gasteiger partial charge in [0, 0.05) is 19.1 Å². The number of hydrogen-bond donors (Lipinski definition) is 0. The van der Waals surface area contributed by atoms with Crippen LogP contribution in [0.5, 0.6) is 0 Å². The third kappa shape index (κ3) is 7.62. The number of rotatable bonds is 14. The Hall–Kier alpha value is -3.31. The second kappa shape index (κ2) is 15.4. The molecule has 0 unspecified atom stereocenters. The molecule has 5 nitrogen and oxygen atoms in total. The highest BCUT2D eigenvalue weighted by molar-refractivity contribution is 6.12. The van der Waals surface area contributed by atoms with Gasteiger partial charge in [-0.15, -0.1) is 0 Å². The number of carbonyl (C=O) groups is 1. The van der Waals surface area contributed by atoms with Crippen LogP contribution in [0.2, 0.25) is 0 Å². The normalized spacial score (nSPS) is 16.7. The molecule has 4 rings (SSSR count). The second-order valence-electron chi connectivity index (χ2n) is 12.3. The van der Waals surface area contributed by atoms with E-state index in [1.54, 1.807) is 22.0 Å². The lowest BCUT2D eigenvalue weighted by molar-refractivity contribution is 0.112. The first-order valence-electron chi connectivity index (χ1n) is 16.5. The first kappa shape index (κ1) is 32.6. The predicted molar refractivity (Wildman–Crippen MR) is 182 cm³/mol. The van der Waals surface area contributed by atoms with Crippen LogP contribution in [0.15, 0.2) is 59.8 Å². The average Bonchev–Trinajstić information content (AvgIpc) is 3.66. The van der Waals surface area contributed by atoms with Gasteiger partial charge in [0.2, 0.25) is 0 Å². The second-order valence-corrected chi connectivity index (χ2v) is 12.3. The summed E-state index contributed by atoms with van der Waals surface area (Å²) < 4.78 is 1.69. The lowest BCUT2D eigenvalue weighted by atomic mass is 9.89. The van der Waals surface area contributed by atoms with Crippen molar-refractivity contribution in [2.24, 2.45) is 4.99 Å². The number of unbranched alkanes of at least 4 members (excludes halogenated alkanes) is 2. The minimum atomic E-state index is 0.500. The highest BCUT2D eigenvalue weighted by Crippen LogP contribution is 2.36. The van der Waals surface area contributed by atoms with Crippen LogP contribution in [0.25, 0.3) is 5.82 Å². The molecule has 2 aliphatic rings. The van der Waals surface area contributed by atoms with Crippen molar-refractivity contribution in [1.29, 1.82) is 0 Å². The molecular formula is C38H52N4O. The molecule has 1 aliphatic heterocycles. The standard InChI is InChI=1S/C38H52N4O/c1-8-11-13-19-34(37(16-9-2)40-30(7)42-38(10-3)32(26-43)23-39-42)27(4)20-21-31-22-28(5)35-24-41(25-36(35)29(31)6)33-17-14-12-15-18-33/h9,16,19,22-23,26,33H,4,7-8,10-15,17-18,20-21,24-25H2,1-3,5-6H3/b16-9-,34-19+,40-37?. The summed E-state index contributed by atoms with van der Waals surface area (Å²) in [6, 6.07) is 3.18. The van der Waals surface area contributed by atoms with E-state index in [1.165, 1.54) is 48.8 Å². The number of aromatic nitrogens is 2. The molecule has 1 aromatic heterocycles. The van der Waals surface area contributed by atoms with E-state index in [-0.39, 0.29) is 0 Å². The van der Waals surface area contributed by atoms with Gasteiger partial charge in [0.15, 0.2) is 6.29 Å². The minimum Gasteiger partial charge on any atom is -0.298 e. The Bertz CT molecular complexity index is 1410. The number of aliphatic imine (C=N–C) groups is 1. The van der Waals surface area contributed by atoms with Crippen molar-refractivity contribution in [3.8, 4) is 0 Å². The molecule has 0 saturated heterocycles. The number of hydrogen-bond acceptors (Lipinski definition) is 4. The topological polar surface area (TPSA) is 50.5 Å². The molecule has 5 heteroatoms. The van der Waals surface area contributed by atoms with Gasteiger partial charge in [0.25, 0.3) is 0 Å². The van der Waals surface area contributed by atoms with Gasteiger partial charge in [0.1, 0.15) is 5.82 Å². The predicted octanol–water partition coefficient (Wildman–Crippen LogP) is 9.27. The Morgan fingerprint density at radius 3 is 2.53 bits per heavy atom. The number of carbonyl (C=O) groups excluding carboxylic acids is 1. The van der Waals surface area contributed by atoms with E-state index in [2.05, 4.69) is 56.1 Å². The van der Waals surface area contributed by atoms with Crippen molar-refractivity contribution < 1.29 is 4.79 Å². The fourth-order valence-electron chi connectivity index (χ4n) is 6.87. The molecule has 2 aromatic rings. The van der Waals surface area contributed by atoms with Crippen molar-refractivity contribution in [2.75, 3.05) is 0 Å². The van der Waals surface area contributed by atoms with E-state index in [9.17, 15) is 4.79 Å². The van der Waals surface area contributed by atoms with E-state index in [0.29, 0.717) is 17.8 Å². The summed E-state index contributed by atoms with van der Waals surface area (Å²) in [7, 11) is 0. The van der Waals surface area contributed by atoms with E-state index in [0.717, 1.165) is 80.1 Å². The minimum absolute atomic E-state index is 0.500. The monoisotopic (exact) mass is 580 g/mol. The molecule has 2 heterocycles. The summed E-state index contributed by atoms with van der Waals surface area (Å²) in [6.45, 7) is 21.9. The Labute approximate surface area is 260 Å². The van der Waals surface area contributed by atoms with Gasteiger partial charge >= 0.3 is 0 Å². The molecular weight excluding hydrogens is 528 g/mol. The third-order valence-electron chi connectivity index (χ3n) is 9.42. The molecule has 1 saturated carbocycles. The van der Waals surface area contributed by atoms with Crippen molar-refractivity contribution in [3.05, 3.63) is 93.9 Å². The molecule has 0 amide bonds. The quantitative estimate of drug-likeness (QED) is 0.0968. The summed E-state index contributed by atoms with van der Waals surface area (Å²) in [6.07, 6.45) is 21.4. The van der Waals surface area contributed by atoms with Crippen LogP contribution in [0.1, 0.15) is 122 Å². The zero-order valence-corrected chi connectivity index (χ0v) is 27.3. The van der Waals surface area contributed by atoms with E-state index >= 15 is 0 Å². The van der Waals surface area contributed by atoms with Crippen LogP contribution < -0.4 is 0 Å². The third-order valence-corrected chi connectivity index (χ3v) is 9.42. The van der Waals surface area contributed by atoms with Gasteiger partial charge < -0.3 is 0 Å². The van der Waals surface area contributed by atoms with Gasteiger partial charge in [-0.25, -0.2) is 9.67 Å². The molecule has 0 N–H and O–H groups in total. The van der Waals surface area contributed by atoms with Crippen LogP contribution in [0.3, 0.4) is 0 Å². The molecule has 1 aliphatic carbocycles. The van der Waals surface area contributed by atoms with Crippen LogP contribution >= 0.6 is 0 Å². The van der Waals surface area contributed by atoms with E-state index < -0.39 is 0 Å². The first-order valence-corrected chi connectivity index (χ1v) is 16.5. The smallest absolute Gasteiger partial charge is 0.153 e. The zero-order chi connectivity index (χ0) is 30.9. The number of allylic oxidation sites excluding steroid dienone is 5. The fraction of sp³-hybridized carbons (Fsp3) is 0.500. The molecule has 230 valence electrons. The zero-order valence-electron chi connectivity index (χ0n) is 27.3. The van der Waals surface area contributed by atoms with Crippen molar-refractivity contribution >= 4 is 17.8 Å². The van der Waals surface area contributed by atoms with Crippen LogP contribution in [0.4, 0.5) is 0 Å². The van der Waals surface area contributed by atoms with Crippen molar-refractivity contribution in [1.82, 2.24) is 14.7 Å². The van der Waals surface area contributed by atoms with Gasteiger partial charge in [0.05, 0.1) is 23.2 Å². The summed E-state index contributed by atoms with van der Waals surface area (Å²) >= 11 is 0. The maximum atomic E-state index is 11.5. The molecule has 1 aromatic carbocycles. The summed E-state index contributed by atoms with van der Waals surface area (Å²) in [5.41, 5.74) is 11.9. The number of aldehydes is 1. The molecule has 0 atom stereocenters. The Balaban J connectivity index is 1.56. The Morgan fingerprint density at radius 1 is 1.12 bits per heavy atom. The first-order chi connectivity index (χ1) is 20.8. The lowest BCUT2D eigenvalue weighted by Crippen LogP contribution is -2.32. The number of nitrogens with zero attached hydrogens (tertiary/aromatic N) is 4. The van der Waals surface area contributed by atoms with Crippen molar-refractivity contribution in [2.45, 2.75) is 124 Å². The Morgan fingerprint density at radius 2 is 1.86 bits per heavy atom. The molecule has 0 spiro atoms. The molecule has 0 radical (unpaired) electrons. The highest BCUT2D eigenvalue weighted by Gasteiger charge is 2.29. The molecule has 1 fully saturated rings. The largest absolute Gasteiger partial charge is 0.298 e. The number of fused-ring (bicyclic) bond motifs is 1. The van der Waals surface area contributed by atoms with E-state index in [4.69, 9.17) is 4.99 Å². The summed E-state index contributed by atoms with van der Waals surface area (Å²) in [5.74, 6) is 0.500. The lowest BCUT2D eigenvalue weighted by Gasteiger charge is -2.30. The molecule has 0 bridgehead atoms. The van der Waals surface area contributed by atoms with Gasteiger partial charge in [-0.05, 0) is 104 Å². The number of aryl methyl sites for hydroxylation is 2. The van der Waals surface area contributed by atoms with E-state index in [1.807, 2.05) is 26.0 Å². The highest BCUT2D eigenvalue weighted by atomic mass is 16.1. The maximum Gasteiger partial charge on any atom is 0.153 e. The SMILES string of the molecule is C=C(CCc1cc(C)c2c(c1C)CN(C1CCCCC1)C2)/C(=C\CCCC)C(/C=C\C)=NC(=C)n1ncc(C=O)c1CC. The summed E-state index contributed by atoms with van der Waals surface area (Å²) in [4.78, 5) is 19.2. The van der Waals surface area contributed by atoms with Gasteiger partial charge in [-0.2, -0.15) is 5.10 Å². The van der Waals surface area contributed by atoms with Crippen LogP contribution in [-0.4, -0.2) is 32.7 Å². The van der Waals surface area contributed by atoms with Crippen molar-refractivity contribution in [3.63, 3.8) is 0 Å². The fourth-order valence-corrected chi connectivity index (χ4v) is 6.87. The van der Waals surface area contributed by atoms with Crippen LogP contribution in [0, 0.1) is 13.8 Å². The van der Waals surface area contributed by atoms with Crippen LogP contribution in [-0.2, 0) is 25.9 Å². The summed E-state index contributed by atoms with van der Waals surface area (Å²) in [5, 5.41) is 4.42.